The maximum atomic E-state index is 12.6. The van der Waals surface area contributed by atoms with Crippen LogP contribution in [0, 0.1) is 0 Å². The predicted molar refractivity (Wildman–Crippen MR) is 303 cm³/mol. The quantitative estimate of drug-likeness (QED) is 0.161. The Labute approximate surface area is 456 Å². The Morgan fingerprint density at radius 1 is 0.432 bits per heavy atom. The first-order valence-corrected chi connectivity index (χ1v) is 28.5. The number of amides is 2. The predicted octanol–water partition coefficient (Wildman–Crippen LogP) is 14.6. The van der Waals surface area contributed by atoms with Crippen LogP contribution in [0.1, 0.15) is 148 Å². The molecule has 74 heavy (non-hydrogen) atoms. The van der Waals surface area contributed by atoms with Crippen LogP contribution >= 0.6 is 31.9 Å². The normalized spacial score (nSPS) is 16.9. The highest BCUT2D eigenvalue weighted by Gasteiger charge is 2.40. The molecule has 6 aromatic rings. The lowest BCUT2D eigenvalue weighted by atomic mass is 9.68. The minimum atomic E-state index is -0.296. The minimum Gasteiger partial charge on any atom is -0.489 e. The number of halogens is 2. The average Bonchev–Trinajstić information content (AvgIpc) is 3.40. The van der Waals surface area contributed by atoms with E-state index in [9.17, 15) is 9.59 Å². The van der Waals surface area contributed by atoms with E-state index in [1.165, 1.54) is 33.4 Å². The van der Waals surface area contributed by atoms with Crippen LogP contribution in [0.2, 0.25) is 0 Å². The van der Waals surface area contributed by atoms with E-state index in [2.05, 4.69) is 195 Å². The Hall–Kier alpha value is -5.58. The summed E-state index contributed by atoms with van der Waals surface area (Å²) in [6, 6.07) is 43.6. The number of likely N-dealkylation sites (tertiary alicyclic amines) is 2. The SMILES string of the molecule is CC(=O)N1CCC2(CC1)c1ccc(cc1)OCc1cc(C(C)(C)C)cc(c1CBr)COc1ccc(cc1)C1(CCN(C(C)=O)CC1)c1ccc(cc1)OCc1cc(C(C)(C)C)cc(c1CBr)COc1ccc2cc1. The fraction of sp³-hybridized carbons (Fsp3) is 0.406. The van der Waals surface area contributed by atoms with Gasteiger partial charge in [0.05, 0.1) is 0 Å². The maximum absolute atomic E-state index is 12.6. The highest BCUT2D eigenvalue weighted by atomic mass is 79.9. The van der Waals surface area contributed by atoms with Crippen LogP contribution in [-0.2, 0) is 68.3 Å². The van der Waals surface area contributed by atoms with Gasteiger partial charge in [-0.1, -0.05) is 146 Å². The van der Waals surface area contributed by atoms with Crippen molar-refractivity contribution in [3.63, 3.8) is 0 Å². The van der Waals surface area contributed by atoms with Gasteiger partial charge in [0.15, 0.2) is 0 Å². The molecule has 2 spiro atoms. The molecule has 8 nitrogen and oxygen atoms in total. The molecule has 0 radical (unpaired) electrons. The molecule has 12 bridgehead atoms. The number of alkyl halides is 2. The summed E-state index contributed by atoms with van der Waals surface area (Å²) < 4.78 is 26.6. The second-order valence-corrected chi connectivity index (χ2v) is 23.9. The molecule has 9 heterocycles. The Morgan fingerprint density at radius 3 is 0.851 bits per heavy atom. The molecule has 6 aromatic carbocycles. The lowest BCUT2D eigenvalue weighted by Crippen LogP contribution is -2.45. The fourth-order valence-corrected chi connectivity index (χ4v) is 12.8. The first kappa shape index (κ1) is 53.3. The van der Waals surface area contributed by atoms with Crippen LogP contribution in [0.5, 0.6) is 23.0 Å². The van der Waals surface area contributed by atoms with E-state index >= 15 is 0 Å². The van der Waals surface area contributed by atoms with E-state index in [-0.39, 0.29) is 33.5 Å². The van der Waals surface area contributed by atoms with E-state index in [1.54, 1.807) is 13.8 Å². The summed E-state index contributed by atoms with van der Waals surface area (Å²) in [6.07, 6.45) is 3.23. The van der Waals surface area contributed by atoms with Crippen LogP contribution in [0.15, 0.2) is 121 Å². The Morgan fingerprint density at radius 2 is 0.662 bits per heavy atom. The molecule has 0 unspecified atom stereocenters. The van der Waals surface area contributed by atoms with Crippen molar-refractivity contribution < 1.29 is 28.5 Å². The number of carbonyl (C=O) groups excluding carboxylic acids is 2. The van der Waals surface area contributed by atoms with Crippen molar-refractivity contribution >= 4 is 43.7 Å². The molecule has 0 aliphatic carbocycles. The largest absolute Gasteiger partial charge is 0.489 e. The lowest BCUT2D eigenvalue weighted by molar-refractivity contribution is -0.131. The van der Waals surface area contributed by atoms with Crippen molar-refractivity contribution in [2.45, 2.75) is 140 Å². The molecule has 2 amide bonds. The Kier molecular flexibility index (Phi) is 15.8. The number of hydrogen-bond donors (Lipinski definition) is 0. The standard InChI is InChI=1S/C64H72Br2N2O6/c1-43(69)67-29-25-63(26-30-67)49-9-17-55(18-10-49)71-39-45-33-53(61(3,4)5)35-47(59(45)37-65)41-73-57-21-13-51(14-22-57)64(27-31-68(32-28-64)44(2)70)52-15-23-58(24-16-52)74-42-48-36-54(62(6,7)8)34-46(60(48)38-66)40-72-56-19-11-50(63)12-20-56/h9-24,33-36H,25-32,37-42H2,1-8H3. The van der Waals surface area contributed by atoms with Gasteiger partial charge < -0.3 is 28.7 Å². The number of piperidine rings is 2. The van der Waals surface area contributed by atoms with Crippen LogP contribution < -0.4 is 18.9 Å². The Balaban J connectivity index is 1.10. The zero-order chi connectivity index (χ0) is 52.4. The van der Waals surface area contributed by atoms with Crippen molar-refractivity contribution in [3.05, 3.63) is 188 Å². The van der Waals surface area contributed by atoms with Gasteiger partial charge in [0.2, 0.25) is 11.8 Å². The van der Waals surface area contributed by atoms with E-state index in [1.807, 2.05) is 9.80 Å². The van der Waals surface area contributed by atoms with E-state index in [4.69, 9.17) is 18.9 Å². The van der Waals surface area contributed by atoms with Gasteiger partial charge >= 0.3 is 0 Å². The van der Waals surface area contributed by atoms with Crippen molar-refractivity contribution in [1.29, 1.82) is 0 Å². The Bertz CT molecular complexity index is 2590. The molecule has 9 aliphatic rings. The average molecular weight is 1130 g/mol. The van der Waals surface area contributed by atoms with Crippen LogP contribution in [0.3, 0.4) is 0 Å². The topological polar surface area (TPSA) is 77.5 Å². The zero-order valence-electron chi connectivity index (χ0n) is 44.5. The highest BCUT2D eigenvalue weighted by molar-refractivity contribution is 9.08. The molecule has 0 aromatic heterocycles. The summed E-state index contributed by atoms with van der Waals surface area (Å²) in [7, 11) is 0. The van der Waals surface area contributed by atoms with Crippen molar-refractivity contribution in [3.8, 4) is 23.0 Å². The molecule has 0 N–H and O–H groups in total. The second-order valence-electron chi connectivity index (χ2n) is 22.7. The molecule has 15 rings (SSSR count). The molecule has 388 valence electrons. The number of rotatable bonds is 2. The summed E-state index contributed by atoms with van der Waals surface area (Å²) in [4.78, 5) is 29.1. The van der Waals surface area contributed by atoms with Gasteiger partial charge in [-0.2, -0.15) is 0 Å². The van der Waals surface area contributed by atoms with Gasteiger partial charge in [-0.05, 0) is 152 Å². The van der Waals surface area contributed by atoms with Crippen LogP contribution in [0.4, 0.5) is 0 Å². The minimum absolute atomic E-state index is 0.0983. The molecule has 10 heteroatoms. The van der Waals surface area contributed by atoms with Gasteiger partial charge in [-0.25, -0.2) is 0 Å². The van der Waals surface area contributed by atoms with E-state index in [0.717, 1.165) is 82.1 Å². The smallest absolute Gasteiger partial charge is 0.219 e. The highest BCUT2D eigenvalue weighted by Crippen LogP contribution is 2.45. The first-order chi connectivity index (χ1) is 35.4. The summed E-state index contributed by atoms with van der Waals surface area (Å²) in [5.41, 5.74) is 13.3. The summed E-state index contributed by atoms with van der Waals surface area (Å²) in [5.74, 6) is 3.42. The second kappa shape index (κ2) is 21.9. The van der Waals surface area contributed by atoms with Gasteiger partial charge in [0.25, 0.3) is 0 Å². The van der Waals surface area contributed by atoms with Crippen molar-refractivity contribution in [2.75, 3.05) is 26.2 Å². The van der Waals surface area contributed by atoms with E-state index < -0.39 is 0 Å². The summed E-state index contributed by atoms with van der Waals surface area (Å²) >= 11 is 7.70. The maximum Gasteiger partial charge on any atom is 0.219 e. The van der Waals surface area contributed by atoms with Crippen LogP contribution in [0.25, 0.3) is 0 Å². The van der Waals surface area contributed by atoms with Gasteiger partial charge in [-0.3, -0.25) is 9.59 Å². The zero-order valence-corrected chi connectivity index (χ0v) is 47.7. The molecular formula is C64H72Br2N2O6. The molecule has 2 fully saturated rings. The van der Waals surface area contributed by atoms with E-state index in [0.29, 0.717) is 63.3 Å². The number of ether oxygens (including phenoxy) is 4. The van der Waals surface area contributed by atoms with Gasteiger partial charge in [-0.15, -0.1) is 0 Å². The molecular weight excluding hydrogens is 1050 g/mol. The van der Waals surface area contributed by atoms with Crippen molar-refractivity contribution in [2.24, 2.45) is 0 Å². The van der Waals surface area contributed by atoms with Gasteiger partial charge in [0.1, 0.15) is 49.4 Å². The third kappa shape index (κ3) is 11.3. The number of carbonyl (C=O) groups is 2. The first-order valence-electron chi connectivity index (χ1n) is 26.3. The third-order valence-corrected chi connectivity index (χ3v) is 17.3. The monoisotopic (exact) mass is 1120 g/mol. The van der Waals surface area contributed by atoms with Crippen molar-refractivity contribution in [1.82, 2.24) is 9.80 Å². The molecule has 9 aliphatic heterocycles. The summed E-state index contributed by atoms with van der Waals surface area (Å²) in [6.45, 7) is 21.2. The molecule has 2 saturated heterocycles. The van der Waals surface area contributed by atoms with Gasteiger partial charge in [0, 0.05) is 61.5 Å². The number of hydrogen-bond acceptors (Lipinski definition) is 6. The summed E-state index contributed by atoms with van der Waals surface area (Å²) in [5, 5.41) is 1.31. The number of benzene rings is 6. The number of nitrogens with zero attached hydrogens (tertiary/aromatic N) is 2. The molecule has 0 atom stereocenters. The fourth-order valence-electron chi connectivity index (χ4n) is 11.3. The lowest BCUT2D eigenvalue weighted by Gasteiger charge is -2.42. The van der Waals surface area contributed by atoms with Crippen LogP contribution in [-0.4, -0.2) is 47.8 Å². The third-order valence-electron chi connectivity index (χ3n) is 16.2. The molecule has 0 saturated carbocycles.